The molecule has 268 valence electrons. The zero-order valence-electron chi connectivity index (χ0n) is 32.1. The minimum atomic E-state index is -0.660. The zero-order valence-corrected chi connectivity index (χ0v) is 32.1. The highest BCUT2D eigenvalue weighted by Gasteiger charge is 2.70. The van der Waals surface area contributed by atoms with Crippen molar-refractivity contribution in [1.29, 1.82) is 0 Å². The molecule has 0 unspecified atom stereocenters. The number of carbonyl (C=O) groups is 2. The number of Topliss-reactive ketones (excluding diaryl/α,β-unsaturated/α-hetero) is 1. The summed E-state index contributed by atoms with van der Waals surface area (Å²) in [6.07, 6.45) is 9.36. The van der Waals surface area contributed by atoms with Crippen LogP contribution in [0.25, 0.3) is 0 Å². The minimum Gasteiger partial charge on any atom is -0.460 e. The van der Waals surface area contributed by atoms with E-state index in [9.17, 15) is 14.7 Å². The van der Waals surface area contributed by atoms with Crippen molar-refractivity contribution in [3.63, 3.8) is 0 Å². The largest absolute Gasteiger partial charge is 0.460 e. The molecule has 0 aromatic carbocycles. The van der Waals surface area contributed by atoms with Crippen LogP contribution < -0.4 is 5.73 Å². The van der Waals surface area contributed by atoms with E-state index in [1.165, 1.54) is 24.8 Å². The Hall–Kier alpha value is -1.24. The molecule has 0 bridgehead atoms. The SMILES string of the molecule is CC(C)C1=C2[C@H]3CC[C@@H]4[C@@]5(C)CC[C@H](OCCC(C)(C)C(=O)OC(C)(C)C)C(C)(C)[C@@H]5CC[C@@]4(C)[C@]3(C)CC[C@@]2([C@@H](O)CN)CC1=O. The number of hydrogen-bond acceptors (Lipinski definition) is 6. The molecule has 0 aromatic heterocycles. The van der Waals surface area contributed by atoms with Gasteiger partial charge in [0, 0.05) is 25.0 Å². The Bertz CT molecular complexity index is 1270. The lowest BCUT2D eigenvalue weighted by atomic mass is 9.33. The molecule has 6 nitrogen and oxygen atoms in total. The number of fused-ring (bicyclic) bond motifs is 7. The molecule has 4 fully saturated rings. The molecule has 9 atom stereocenters. The number of hydrogen-bond donors (Lipinski definition) is 2. The van der Waals surface area contributed by atoms with Crippen LogP contribution in [0, 0.1) is 56.2 Å². The molecule has 5 aliphatic rings. The fourth-order valence-electron chi connectivity index (χ4n) is 12.6. The van der Waals surface area contributed by atoms with Crippen molar-refractivity contribution in [3.05, 3.63) is 11.1 Å². The van der Waals surface area contributed by atoms with Crippen LogP contribution in [0.1, 0.15) is 147 Å². The Morgan fingerprint density at radius 1 is 0.915 bits per heavy atom. The van der Waals surface area contributed by atoms with Gasteiger partial charge >= 0.3 is 5.97 Å². The van der Waals surface area contributed by atoms with Gasteiger partial charge in [-0.3, -0.25) is 9.59 Å². The third kappa shape index (κ3) is 5.61. The molecule has 0 spiro atoms. The van der Waals surface area contributed by atoms with E-state index >= 15 is 0 Å². The lowest BCUT2D eigenvalue weighted by Crippen LogP contribution is -2.66. The molecule has 4 saturated carbocycles. The molecule has 0 heterocycles. The van der Waals surface area contributed by atoms with Crippen molar-refractivity contribution in [2.45, 2.75) is 165 Å². The summed E-state index contributed by atoms with van der Waals surface area (Å²) in [5.41, 5.74) is 7.39. The lowest BCUT2D eigenvalue weighted by Gasteiger charge is -2.72. The van der Waals surface area contributed by atoms with Gasteiger partial charge in [-0.2, -0.15) is 0 Å². The predicted molar refractivity (Wildman–Crippen MR) is 188 cm³/mol. The highest BCUT2D eigenvalue weighted by Crippen LogP contribution is 2.77. The van der Waals surface area contributed by atoms with Crippen molar-refractivity contribution in [2.75, 3.05) is 13.2 Å². The number of carbonyl (C=O) groups excluding carboxylic acids is 2. The van der Waals surface area contributed by atoms with Crippen LogP contribution in [0.2, 0.25) is 0 Å². The summed E-state index contributed by atoms with van der Waals surface area (Å²) < 4.78 is 12.4. The number of ether oxygens (including phenoxy) is 2. The van der Waals surface area contributed by atoms with Crippen LogP contribution >= 0.6 is 0 Å². The average molecular weight is 656 g/mol. The quantitative estimate of drug-likeness (QED) is 0.255. The first-order chi connectivity index (χ1) is 21.5. The number of aliphatic hydroxyl groups is 1. The number of aliphatic hydroxyl groups excluding tert-OH is 1. The van der Waals surface area contributed by atoms with Crippen molar-refractivity contribution in [1.82, 2.24) is 0 Å². The van der Waals surface area contributed by atoms with Crippen molar-refractivity contribution < 1.29 is 24.2 Å². The van der Waals surface area contributed by atoms with Crippen LogP contribution in [0.15, 0.2) is 11.1 Å². The Kier molecular flexibility index (Phi) is 9.40. The molecule has 5 aliphatic carbocycles. The van der Waals surface area contributed by atoms with Gasteiger partial charge in [-0.05, 0) is 143 Å². The molecular weight excluding hydrogens is 586 g/mol. The second-order valence-corrected chi connectivity index (χ2v) is 20.0. The normalized spacial score (nSPS) is 40.8. The number of rotatable bonds is 8. The Morgan fingerprint density at radius 3 is 2.17 bits per heavy atom. The fourth-order valence-corrected chi connectivity index (χ4v) is 12.6. The third-order valence-corrected chi connectivity index (χ3v) is 15.3. The van der Waals surface area contributed by atoms with Crippen molar-refractivity contribution >= 4 is 11.8 Å². The first-order valence-corrected chi connectivity index (χ1v) is 19.0. The van der Waals surface area contributed by atoms with Crippen LogP contribution in [0.4, 0.5) is 0 Å². The van der Waals surface area contributed by atoms with E-state index in [4.69, 9.17) is 15.2 Å². The monoisotopic (exact) mass is 656 g/mol. The van der Waals surface area contributed by atoms with Gasteiger partial charge in [0.05, 0.1) is 17.6 Å². The molecule has 47 heavy (non-hydrogen) atoms. The van der Waals surface area contributed by atoms with E-state index in [0.717, 1.165) is 37.7 Å². The van der Waals surface area contributed by atoms with E-state index in [2.05, 4.69) is 48.5 Å². The number of esters is 1. The van der Waals surface area contributed by atoms with Gasteiger partial charge < -0.3 is 20.3 Å². The second kappa shape index (κ2) is 11.9. The van der Waals surface area contributed by atoms with Gasteiger partial charge in [0.1, 0.15) is 5.60 Å². The summed E-state index contributed by atoms with van der Waals surface area (Å²) in [5, 5.41) is 11.4. The molecule has 3 N–H and O–H groups in total. The summed E-state index contributed by atoms with van der Waals surface area (Å²) in [6, 6.07) is 0. The van der Waals surface area contributed by atoms with Crippen LogP contribution in [-0.4, -0.2) is 47.8 Å². The summed E-state index contributed by atoms with van der Waals surface area (Å²) in [7, 11) is 0. The minimum absolute atomic E-state index is 0.0281. The second-order valence-electron chi connectivity index (χ2n) is 20.0. The number of ketones is 1. The highest BCUT2D eigenvalue weighted by molar-refractivity contribution is 6.00. The van der Waals surface area contributed by atoms with Crippen LogP contribution in [0.5, 0.6) is 0 Å². The van der Waals surface area contributed by atoms with Crippen LogP contribution in [-0.2, 0) is 19.1 Å². The maximum absolute atomic E-state index is 13.7. The van der Waals surface area contributed by atoms with Gasteiger partial charge in [-0.1, -0.05) is 54.0 Å². The Morgan fingerprint density at radius 2 is 1.57 bits per heavy atom. The number of allylic oxidation sites excluding steroid dienone is 1. The molecule has 0 radical (unpaired) electrons. The third-order valence-electron chi connectivity index (χ3n) is 15.3. The summed E-state index contributed by atoms with van der Waals surface area (Å²) in [6.45, 7) is 27.5. The maximum atomic E-state index is 13.7. The first kappa shape index (κ1) is 37.0. The molecule has 0 saturated heterocycles. The van der Waals surface area contributed by atoms with Gasteiger partial charge in [0.2, 0.25) is 0 Å². The summed E-state index contributed by atoms with van der Waals surface area (Å²) in [4.78, 5) is 26.6. The Labute approximate surface area is 286 Å². The van der Waals surface area contributed by atoms with Crippen LogP contribution in [0.3, 0.4) is 0 Å². The average Bonchev–Trinajstić information content (AvgIpc) is 3.26. The molecular formula is C41H69NO5. The highest BCUT2D eigenvalue weighted by atomic mass is 16.6. The van der Waals surface area contributed by atoms with E-state index in [-0.39, 0.29) is 52.0 Å². The Balaban J connectivity index is 1.38. The standard InChI is InChI=1S/C41H69NO5/c1-25(2)32-27(43)23-41(30(44)24-42)20-19-39(11)26(33(32)41)13-14-29-38(10)17-16-31(37(8,9)28(38)15-18-40(29,39)12)46-22-21-36(6,7)34(45)47-35(3,4)5/h25-26,28-31,44H,13-24,42H2,1-12H3/t26-,28+,29-,30+,31+,38+,39-,40-,41+/m1/s1. The summed E-state index contributed by atoms with van der Waals surface area (Å²) >= 11 is 0. The smallest absolute Gasteiger partial charge is 0.312 e. The van der Waals surface area contributed by atoms with E-state index in [1.807, 2.05) is 34.6 Å². The molecule has 0 amide bonds. The van der Waals surface area contributed by atoms with Gasteiger partial charge in [0.25, 0.3) is 0 Å². The van der Waals surface area contributed by atoms with Crippen molar-refractivity contribution in [2.24, 2.45) is 61.9 Å². The van der Waals surface area contributed by atoms with E-state index < -0.39 is 22.5 Å². The van der Waals surface area contributed by atoms with Gasteiger partial charge in [-0.15, -0.1) is 0 Å². The van der Waals surface area contributed by atoms with E-state index in [0.29, 0.717) is 37.2 Å². The lowest BCUT2D eigenvalue weighted by molar-refractivity contribution is -0.236. The molecule has 5 rings (SSSR count). The first-order valence-electron chi connectivity index (χ1n) is 19.0. The van der Waals surface area contributed by atoms with Gasteiger partial charge in [-0.25, -0.2) is 0 Å². The molecule has 0 aromatic rings. The van der Waals surface area contributed by atoms with Crippen molar-refractivity contribution in [3.8, 4) is 0 Å². The summed E-state index contributed by atoms with van der Waals surface area (Å²) in [5.74, 6) is 1.75. The fraction of sp³-hybridized carbons (Fsp3) is 0.902. The predicted octanol–water partition coefficient (Wildman–Crippen LogP) is 8.43. The van der Waals surface area contributed by atoms with Gasteiger partial charge in [0.15, 0.2) is 5.78 Å². The molecule has 0 aliphatic heterocycles. The van der Waals surface area contributed by atoms with E-state index in [1.54, 1.807) is 0 Å². The molecule has 6 heteroatoms. The topological polar surface area (TPSA) is 98.8 Å². The number of nitrogens with two attached hydrogens (primary N) is 1. The zero-order chi connectivity index (χ0) is 35.2. The maximum Gasteiger partial charge on any atom is 0.312 e.